The fourth-order valence-electron chi connectivity index (χ4n) is 1.88. The summed E-state index contributed by atoms with van der Waals surface area (Å²) in [6.07, 6.45) is 0.813. The summed E-state index contributed by atoms with van der Waals surface area (Å²) in [7, 11) is 0. The zero-order chi connectivity index (χ0) is 13.7. The zero-order valence-electron chi connectivity index (χ0n) is 10.6. The van der Waals surface area contributed by atoms with Crippen molar-refractivity contribution in [1.29, 1.82) is 5.26 Å². The minimum absolute atomic E-state index is 0.523. The van der Waals surface area contributed by atoms with Crippen LogP contribution in [0.25, 0.3) is 11.1 Å². The molecule has 0 bridgehead atoms. The van der Waals surface area contributed by atoms with Gasteiger partial charge in [0.25, 0.3) is 0 Å². The highest BCUT2D eigenvalue weighted by Crippen LogP contribution is 2.31. The number of aldehydes is 1. The summed E-state index contributed by atoms with van der Waals surface area (Å²) < 4.78 is 5.57. The molecule has 0 aliphatic carbocycles. The van der Waals surface area contributed by atoms with E-state index in [-0.39, 0.29) is 0 Å². The smallest absolute Gasteiger partial charge is 0.150 e. The molecule has 0 heterocycles. The lowest BCUT2D eigenvalue weighted by Crippen LogP contribution is -1.95. The first-order chi connectivity index (χ1) is 9.28. The quantitative estimate of drug-likeness (QED) is 0.782. The number of hydrogen-bond acceptors (Lipinski definition) is 3. The van der Waals surface area contributed by atoms with Crippen molar-refractivity contribution in [2.24, 2.45) is 0 Å². The summed E-state index contributed by atoms with van der Waals surface area (Å²) >= 11 is 0. The van der Waals surface area contributed by atoms with Crippen LogP contribution in [-0.4, -0.2) is 12.9 Å². The monoisotopic (exact) mass is 251 g/mol. The van der Waals surface area contributed by atoms with Crippen molar-refractivity contribution in [1.82, 2.24) is 0 Å². The van der Waals surface area contributed by atoms with Crippen LogP contribution < -0.4 is 4.74 Å². The van der Waals surface area contributed by atoms with Crippen LogP contribution in [-0.2, 0) is 0 Å². The van der Waals surface area contributed by atoms with Crippen molar-refractivity contribution in [2.75, 3.05) is 6.61 Å². The molecular formula is C16H13NO2. The van der Waals surface area contributed by atoms with E-state index < -0.39 is 0 Å². The van der Waals surface area contributed by atoms with E-state index in [9.17, 15) is 4.79 Å². The number of carbonyl (C=O) groups is 1. The summed E-state index contributed by atoms with van der Waals surface area (Å²) in [6, 6.07) is 14.7. The lowest BCUT2D eigenvalue weighted by atomic mass is 10.0. The minimum Gasteiger partial charge on any atom is -0.493 e. The van der Waals surface area contributed by atoms with E-state index in [1.54, 1.807) is 24.3 Å². The molecule has 2 aromatic rings. The number of hydrogen-bond donors (Lipinski definition) is 0. The van der Waals surface area contributed by atoms with Crippen molar-refractivity contribution in [3.8, 4) is 22.9 Å². The highest BCUT2D eigenvalue weighted by Gasteiger charge is 2.08. The first kappa shape index (κ1) is 12.8. The summed E-state index contributed by atoms with van der Waals surface area (Å²) in [5.74, 6) is 0.657. The topological polar surface area (TPSA) is 50.1 Å². The normalized spacial score (nSPS) is 9.68. The van der Waals surface area contributed by atoms with Crippen LogP contribution in [0.15, 0.2) is 42.5 Å². The number of benzene rings is 2. The van der Waals surface area contributed by atoms with Gasteiger partial charge in [-0.2, -0.15) is 5.26 Å². The molecule has 0 N–H and O–H groups in total. The van der Waals surface area contributed by atoms with Gasteiger partial charge < -0.3 is 4.74 Å². The van der Waals surface area contributed by atoms with Crippen LogP contribution in [0.2, 0.25) is 0 Å². The minimum atomic E-state index is 0.523. The van der Waals surface area contributed by atoms with E-state index in [1.165, 1.54) is 0 Å². The van der Waals surface area contributed by atoms with Crippen LogP contribution in [0.1, 0.15) is 22.8 Å². The first-order valence-corrected chi connectivity index (χ1v) is 6.01. The van der Waals surface area contributed by atoms with Gasteiger partial charge in [-0.1, -0.05) is 18.2 Å². The average molecular weight is 251 g/mol. The van der Waals surface area contributed by atoms with Gasteiger partial charge in [0.1, 0.15) is 12.0 Å². The fourth-order valence-corrected chi connectivity index (χ4v) is 1.88. The van der Waals surface area contributed by atoms with Crippen LogP contribution >= 0.6 is 0 Å². The molecule has 0 aliphatic rings. The second-order valence-electron chi connectivity index (χ2n) is 4.00. The Morgan fingerprint density at radius 1 is 1.26 bits per heavy atom. The summed E-state index contributed by atoms with van der Waals surface area (Å²) in [4.78, 5) is 10.8. The molecule has 0 aromatic heterocycles. The molecule has 0 saturated carbocycles. The van der Waals surface area contributed by atoms with Gasteiger partial charge in [0, 0.05) is 11.1 Å². The van der Waals surface area contributed by atoms with E-state index in [0.717, 1.165) is 17.4 Å². The Bertz CT molecular complexity index is 641. The molecule has 0 fully saturated rings. The van der Waals surface area contributed by atoms with E-state index in [4.69, 9.17) is 10.00 Å². The molecule has 3 heteroatoms. The second kappa shape index (κ2) is 5.83. The molecule has 0 spiro atoms. The Hall–Kier alpha value is -2.60. The summed E-state index contributed by atoms with van der Waals surface area (Å²) in [6.45, 7) is 2.42. The molecule has 0 unspecified atom stereocenters. The maximum atomic E-state index is 10.8. The van der Waals surface area contributed by atoms with Crippen LogP contribution in [0.4, 0.5) is 0 Å². The third-order valence-electron chi connectivity index (χ3n) is 2.74. The van der Waals surface area contributed by atoms with Gasteiger partial charge in [-0.05, 0) is 36.8 Å². The maximum Gasteiger partial charge on any atom is 0.150 e. The predicted molar refractivity (Wildman–Crippen MR) is 73.1 cm³/mol. The molecule has 0 aliphatic heterocycles. The lowest BCUT2D eigenvalue weighted by molar-refractivity contribution is 0.112. The fraction of sp³-hybridized carbons (Fsp3) is 0.125. The summed E-state index contributed by atoms with van der Waals surface area (Å²) in [5.41, 5.74) is 2.95. The largest absolute Gasteiger partial charge is 0.493 e. The van der Waals surface area contributed by atoms with Crippen LogP contribution in [0.5, 0.6) is 5.75 Å². The van der Waals surface area contributed by atoms with E-state index >= 15 is 0 Å². The van der Waals surface area contributed by atoms with Gasteiger partial charge in [0.05, 0.1) is 18.2 Å². The molecule has 0 amide bonds. The SMILES string of the molecule is CCOc1cc(C#N)ccc1-c1cccc(C=O)c1. The molecule has 0 saturated heterocycles. The zero-order valence-corrected chi connectivity index (χ0v) is 10.6. The van der Waals surface area contributed by atoms with Gasteiger partial charge in [-0.3, -0.25) is 4.79 Å². The molecule has 2 aromatic carbocycles. The van der Waals surface area contributed by atoms with Crippen molar-refractivity contribution in [3.63, 3.8) is 0 Å². The number of carbonyl (C=O) groups excluding carboxylic acids is 1. The van der Waals surface area contributed by atoms with Gasteiger partial charge in [-0.25, -0.2) is 0 Å². The molecule has 0 radical (unpaired) electrons. The lowest BCUT2D eigenvalue weighted by Gasteiger charge is -2.11. The molecule has 3 nitrogen and oxygen atoms in total. The maximum absolute atomic E-state index is 10.8. The predicted octanol–water partition coefficient (Wildman–Crippen LogP) is 3.44. The standard InChI is InChI=1S/C16H13NO2/c1-2-19-16-9-12(10-17)6-7-15(16)14-5-3-4-13(8-14)11-18/h3-9,11H,2H2,1H3. The Morgan fingerprint density at radius 3 is 2.79 bits per heavy atom. The number of nitriles is 1. The highest BCUT2D eigenvalue weighted by molar-refractivity contribution is 5.80. The van der Waals surface area contributed by atoms with Gasteiger partial charge >= 0.3 is 0 Å². The molecule has 19 heavy (non-hydrogen) atoms. The van der Waals surface area contributed by atoms with Crippen molar-refractivity contribution in [2.45, 2.75) is 6.92 Å². The molecule has 94 valence electrons. The Balaban J connectivity index is 2.54. The molecule has 0 atom stereocenters. The van der Waals surface area contributed by atoms with E-state index in [2.05, 4.69) is 6.07 Å². The van der Waals surface area contributed by atoms with Crippen molar-refractivity contribution < 1.29 is 9.53 Å². The third kappa shape index (κ3) is 2.80. The molecule has 2 rings (SSSR count). The van der Waals surface area contributed by atoms with Crippen molar-refractivity contribution in [3.05, 3.63) is 53.6 Å². The Morgan fingerprint density at radius 2 is 2.11 bits per heavy atom. The number of rotatable bonds is 4. The Kier molecular flexibility index (Phi) is 3.94. The van der Waals surface area contributed by atoms with Crippen molar-refractivity contribution >= 4 is 6.29 Å². The highest BCUT2D eigenvalue weighted by atomic mass is 16.5. The number of nitrogens with zero attached hydrogens (tertiary/aromatic N) is 1. The van der Waals surface area contributed by atoms with E-state index in [0.29, 0.717) is 23.5 Å². The summed E-state index contributed by atoms with van der Waals surface area (Å²) in [5, 5.41) is 8.92. The third-order valence-corrected chi connectivity index (χ3v) is 2.74. The van der Waals surface area contributed by atoms with Crippen LogP contribution in [0.3, 0.4) is 0 Å². The van der Waals surface area contributed by atoms with Crippen LogP contribution in [0, 0.1) is 11.3 Å². The number of ether oxygens (including phenoxy) is 1. The van der Waals surface area contributed by atoms with Gasteiger partial charge in [0.15, 0.2) is 0 Å². The molecular weight excluding hydrogens is 238 g/mol. The second-order valence-corrected chi connectivity index (χ2v) is 4.00. The Labute approximate surface area is 112 Å². The van der Waals surface area contributed by atoms with Gasteiger partial charge in [0.2, 0.25) is 0 Å². The first-order valence-electron chi connectivity index (χ1n) is 6.01. The van der Waals surface area contributed by atoms with E-state index in [1.807, 2.05) is 25.1 Å². The average Bonchev–Trinajstić information content (AvgIpc) is 2.47. The van der Waals surface area contributed by atoms with Gasteiger partial charge in [-0.15, -0.1) is 0 Å².